The van der Waals surface area contributed by atoms with Gasteiger partial charge >= 0.3 is 0 Å². The molecule has 0 saturated heterocycles. The van der Waals surface area contributed by atoms with Crippen molar-refractivity contribution in [1.82, 2.24) is 24.7 Å². The first-order chi connectivity index (χ1) is 12.6. The summed E-state index contributed by atoms with van der Waals surface area (Å²) in [6, 6.07) is 1.95. The van der Waals surface area contributed by atoms with Crippen molar-refractivity contribution >= 4 is 5.82 Å². The monoisotopic (exact) mass is 358 g/mol. The summed E-state index contributed by atoms with van der Waals surface area (Å²) < 4.78 is 7.60. The highest BCUT2D eigenvalue weighted by molar-refractivity contribution is 5.36. The Morgan fingerprint density at radius 2 is 2.19 bits per heavy atom. The maximum Gasteiger partial charge on any atom is 0.159 e. The molecule has 1 saturated carbocycles. The number of anilines is 1. The topological polar surface area (TPSA) is 98.0 Å². The van der Waals surface area contributed by atoms with Crippen molar-refractivity contribution in [2.45, 2.75) is 58.3 Å². The molecule has 0 spiro atoms. The molecule has 2 N–H and O–H groups in total. The van der Waals surface area contributed by atoms with Crippen molar-refractivity contribution in [2.24, 2.45) is 5.92 Å². The number of rotatable bonds is 5. The molecule has 0 bridgehead atoms. The van der Waals surface area contributed by atoms with Crippen LogP contribution in [0, 0.1) is 12.8 Å². The van der Waals surface area contributed by atoms with Gasteiger partial charge in [0.05, 0.1) is 12.7 Å². The molecule has 26 heavy (non-hydrogen) atoms. The average Bonchev–Trinajstić information content (AvgIpc) is 3.22. The van der Waals surface area contributed by atoms with Gasteiger partial charge in [0, 0.05) is 43.1 Å². The van der Waals surface area contributed by atoms with Crippen LogP contribution in [-0.4, -0.2) is 49.1 Å². The van der Waals surface area contributed by atoms with E-state index in [0.717, 1.165) is 54.8 Å². The molecule has 0 radical (unpaired) electrons. The second kappa shape index (κ2) is 7.28. The average molecular weight is 358 g/mol. The van der Waals surface area contributed by atoms with Gasteiger partial charge in [0.15, 0.2) is 5.82 Å². The Balaban J connectivity index is 1.41. The lowest BCUT2D eigenvalue weighted by Gasteiger charge is -2.18. The van der Waals surface area contributed by atoms with Crippen LogP contribution in [0.3, 0.4) is 0 Å². The molecule has 2 aromatic heterocycles. The minimum Gasteiger partial charge on any atom is -0.393 e. The molecule has 1 aliphatic heterocycles. The van der Waals surface area contributed by atoms with E-state index in [0.29, 0.717) is 19.8 Å². The zero-order valence-electron chi connectivity index (χ0n) is 15.4. The molecule has 2 aliphatic rings. The largest absolute Gasteiger partial charge is 0.393 e. The number of aromatic nitrogens is 5. The first-order valence-corrected chi connectivity index (χ1v) is 9.40. The highest BCUT2D eigenvalue weighted by atomic mass is 16.5. The zero-order chi connectivity index (χ0) is 18.1. The number of nitrogens with zero attached hydrogens (tertiary/aromatic N) is 5. The highest BCUT2D eigenvalue weighted by Gasteiger charge is 2.37. The quantitative estimate of drug-likeness (QED) is 0.834. The molecule has 3 atom stereocenters. The third-order valence-corrected chi connectivity index (χ3v) is 5.33. The lowest BCUT2D eigenvalue weighted by molar-refractivity contribution is 0.0801. The van der Waals surface area contributed by atoms with Gasteiger partial charge in [-0.15, -0.1) is 10.2 Å². The van der Waals surface area contributed by atoms with Crippen LogP contribution in [0.25, 0.3) is 0 Å². The SMILES string of the molecule is CCc1nc(C)cc(NC[C@H]2C[C@H](c3nnc4n3CCOC4)C[C@H]2O)n1. The van der Waals surface area contributed by atoms with Crippen LogP contribution in [0.1, 0.15) is 48.9 Å². The maximum atomic E-state index is 10.5. The molecular formula is C18H26N6O2. The first kappa shape index (κ1) is 17.4. The molecule has 0 amide bonds. The van der Waals surface area contributed by atoms with E-state index in [1.165, 1.54) is 0 Å². The number of aryl methyl sites for hydroxylation is 2. The van der Waals surface area contributed by atoms with Crippen molar-refractivity contribution in [3.8, 4) is 0 Å². The van der Waals surface area contributed by atoms with Crippen LogP contribution >= 0.6 is 0 Å². The third kappa shape index (κ3) is 3.43. The summed E-state index contributed by atoms with van der Waals surface area (Å²) in [6.45, 7) is 6.75. The van der Waals surface area contributed by atoms with Crippen LogP contribution in [0.2, 0.25) is 0 Å². The second-order valence-electron chi connectivity index (χ2n) is 7.22. The number of ether oxygens (including phenoxy) is 1. The Labute approximate surface area is 153 Å². The van der Waals surface area contributed by atoms with E-state index in [1.807, 2.05) is 19.9 Å². The van der Waals surface area contributed by atoms with E-state index in [-0.39, 0.29) is 17.9 Å². The van der Waals surface area contributed by atoms with E-state index in [4.69, 9.17) is 4.74 Å². The van der Waals surface area contributed by atoms with Crippen molar-refractivity contribution in [3.05, 3.63) is 29.2 Å². The van der Waals surface area contributed by atoms with Gasteiger partial charge in [-0.3, -0.25) is 0 Å². The van der Waals surface area contributed by atoms with Crippen LogP contribution in [0.5, 0.6) is 0 Å². The number of hydrogen-bond acceptors (Lipinski definition) is 7. The molecule has 2 aromatic rings. The number of nitrogens with one attached hydrogen (secondary N) is 1. The fourth-order valence-electron chi connectivity index (χ4n) is 3.97. The molecule has 3 heterocycles. The van der Waals surface area contributed by atoms with Crippen molar-refractivity contribution in [2.75, 3.05) is 18.5 Å². The van der Waals surface area contributed by atoms with Crippen molar-refractivity contribution in [3.63, 3.8) is 0 Å². The van der Waals surface area contributed by atoms with E-state index in [9.17, 15) is 5.11 Å². The van der Waals surface area contributed by atoms with Crippen LogP contribution in [0.4, 0.5) is 5.82 Å². The number of fused-ring (bicyclic) bond motifs is 1. The molecule has 0 unspecified atom stereocenters. The molecule has 1 aliphatic carbocycles. The summed E-state index contributed by atoms with van der Waals surface area (Å²) in [5.74, 6) is 3.99. The summed E-state index contributed by atoms with van der Waals surface area (Å²) in [5, 5.41) is 22.6. The highest BCUT2D eigenvalue weighted by Crippen LogP contribution is 2.38. The Kier molecular flexibility index (Phi) is 4.86. The normalized spacial score (nSPS) is 25.3. The van der Waals surface area contributed by atoms with Gasteiger partial charge in [0.25, 0.3) is 0 Å². The molecule has 8 heteroatoms. The summed E-state index contributed by atoms with van der Waals surface area (Å²) in [4.78, 5) is 8.93. The smallest absolute Gasteiger partial charge is 0.159 e. The van der Waals surface area contributed by atoms with Gasteiger partial charge in [0.2, 0.25) is 0 Å². The predicted molar refractivity (Wildman–Crippen MR) is 95.8 cm³/mol. The molecular weight excluding hydrogens is 332 g/mol. The maximum absolute atomic E-state index is 10.5. The van der Waals surface area contributed by atoms with Crippen LogP contribution in [-0.2, 0) is 24.3 Å². The summed E-state index contributed by atoms with van der Waals surface area (Å²) in [7, 11) is 0. The number of aliphatic hydroxyl groups is 1. The summed E-state index contributed by atoms with van der Waals surface area (Å²) in [5.41, 5.74) is 0.960. The number of hydrogen-bond donors (Lipinski definition) is 2. The number of aliphatic hydroxyl groups excluding tert-OH is 1. The van der Waals surface area contributed by atoms with Gasteiger partial charge < -0.3 is 19.7 Å². The zero-order valence-corrected chi connectivity index (χ0v) is 15.4. The fourth-order valence-corrected chi connectivity index (χ4v) is 3.97. The second-order valence-corrected chi connectivity index (χ2v) is 7.22. The lowest BCUT2D eigenvalue weighted by atomic mass is 10.0. The predicted octanol–water partition coefficient (Wildman–Crippen LogP) is 1.44. The van der Waals surface area contributed by atoms with E-state index >= 15 is 0 Å². The van der Waals surface area contributed by atoms with Gasteiger partial charge in [0.1, 0.15) is 24.1 Å². The molecule has 0 aromatic carbocycles. The van der Waals surface area contributed by atoms with E-state index in [2.05, 4.69) is 30.0 Å². The molecule has 140 valence electrons. The lowest BCUT2D eigenvalue weighted by Crippen LogP contribution is -2.22. The molecule has 1 fully saturated rings. The van der Waals surface area contributed by atoms with Crippen LogP contribution < -0.4 is 5.32 Å². The van der Waals surface area contributed by atoms with Crippen molar-refractivity contribution in [1.29, 1.82) is 0 Å². The summed E-state index contributed by atoms with van der Waals surface area (Å²) in [6.07, 6.45) is 2.10. The van der Waals surface area contributed by atoms with Crippen molar-refractivity contribution < 1.29 is 9.84 Å². The van der Waals surface area contributed by atoms with E-state index in [1.54, 1.807) is 0 Å². The fraction of sp³-hybridized carbons (Fsp3) is 0.667. The molecule has 8 nitrogen and oxygen atoms in total. The minimum absolute atomic E-state index is 0.174. The Morgan fingerprint density at radius 3 is 3.04 bits per heavy atom. The molecule has 4 rings (SSSR count). The van der Waals surface area contributed by atoms with Crippen LogP contribution in [0.15, 0.2) is 6.07 Å². The minimum atomic E-state index is -0.339. The first-order valence-electron chi connectivity index (χ1n) is 9.40. The Morgan fingerprint density at radius 1 is 1.31 bits per heavy atom. The Bertz CT molecular complexity index is 777. The standard InChI is InChI=1S/C18H26N6O2/c1-3-15-20-11(2)6-16(21-15)19-9-13-7-12(8-14(13)25)18-23-22-17-10-26-5-4-24(17)18/h6,12-14,25H,3-5,7-10H2,1-2H3,(H,19,20,21)/t12-,13+,14+/m0/s1. The van der Waals surface area contributed by atoms with Gasteiger partial charge in [-0.1, -0.05) is 6.92 Å². The van der Waals surface area contributed by atoms with Gasteiger partial charge in [-0.25, -0.2) is 9.97 Å². The third-order valence-electron chi connectivity index (χ3n) is 5.33. The summed E-state index contributed by atoms with van der Waals surface area (Å²) >= 11 is 0. The van der Waals surface area contributed by atoms with E-state index < -0.39 is 0 Å². The Hall–Kier alpha value is -2.06. The van der Waals surface area contributed by atoms with Gasteiger partial charge in [-0.05, 0) is 19.8 Å². The van der Waals surface area contributed by atoms with Gasteiger partial charge in [-0.2, -0.15) is 0 Å².